The predicted molar refractivity (Wildman–Crippen MR) is 67.0 cm³/mol. The van der Waals surface area contributed by atoms with Gasteiger partial charge < -0.3 is 5.32 Å². The molecule has 0 spiro atoms. The molecule has 1 amide bonds. The van der Waals surface area contributed by atoms with Gasteiger partial charge in [-0.25, -0.2) is 0 Å². The van der Waals surface area contributed by atoms with Gasteiger partial charge in [-0.3, -0.25) is 4.79 Å². The van der Waals surface area contributed by atoms with Crippen LogP contribution in [0.5, 0.6) is 0 Å². The zero-order valence-electron chi connectivity index (χ0n) is 10.1. The lowest BCUT2D eigenvalue weighted by Crippen LogP contribution is -2.22. The Balaban J connectivity index is 0. The van der Waals surface area contributed by atoms with E-state index in [0.717, 1.165) is 13.0 Å². The fraction of sp³-hybridized carbons (Fsp3) is 0.462. The molecule has 0 saturated carbocycles. The monoisotopic (exact) mass is 209 g/mol. The fourth-order valence-corrected chi connectivity index (χ4v) is 1.14. The topological polar surface area (TPSA) is 29.1 Å². The Morgan fingerprint density at radius 2 is 1.80 bits per heavy atom. The van der Waals surface area contributed by atoms with Crippen molar-refractivity contribution in [3.8, 4) is 0 Å². The van der Waals surface area contributed by atoms with Gasteiger partial charge in [0.15, 0.2) is 0 Å². The Bertz CT molecular complexity index is 282. The van der Waals surface area contributed by atoms with E-state index < -0.39 is 0 Å². The summed E-state index contributed by atoms with van der Waals surface area (Å²) >= 11 is 0. The van der Waals surface area contributed by atoms with Crippen LogP contribution in [-0.4, -0.2) is 12.5 Å². The number of aryl methyl sites for hydroxylation is 1. The van der Waals surface area contributed by atoms with Crippen molar-refractivity contribution < 1.29 is 6.22 Å². The van der Waals surface area contributed by atoms with Gasteiger partial charge in [0.2, 0.25) is 5.91 Å². The van der Waals surface area contributed by atoms with Crippen molar-refractivity contribution in [1.82, 2.24) is 5.32 Å². The third-order valence-electron chi connectivity index (χ3n) is 1.91. The summed E-state index contributed by atoms with van der Waals surface area (Å²) in [5.74, 6) is 0.0344. The minimum absolute atomic E-state index is 0. The second-order valence-corrected chi connectivity index (χ2v) is 3.22. The molecule has 0 aliphatic carbocycles. The van der Waals surface area contributed by atoms with E-state index in [9.17, 15) is 4.79 Å². The van der Waals surface area contributed by atoms with Crippen LogP contribution < -0.4 is 5.32 Å². The summed E-state index contributed by atoms with van der Waals surface area (Å²) in [5.41, 5.74) is 2.53. The Morgan fingerprint density at radius 1 is 1.27 bits per heavy atom. The van der Waals surface area contributed by atoms with Crippen molar-refractivity contribution in [3.63, 3.8) is 0 Å². The highest BCUT2D eigenvalue weighted by Gasteiger charge is 1.93. The zero-order chi connectivity index (χ0) is 11.7. The van der Waals surface area contributed by atoms with Gasteiger partial charge in [-0.2, -0.15) is 0 Å². The third-order valence-corrected chi connectivity index (χ3v) is 1.91. The summed E-state index contributed by atoms with van der Waals surface area (Å²) in [6, 6.07) is 8.36. The average molecular weight is 209 g/mol. The van der Waals surface area contributed by atoms with Crippen LogP contribution >= 0.6 is 0 Å². The van der Waals surface area contributed by atoms with Gasteiger partial charge in [0, 0.05) is 14.9 Å². The first-order valence-electron chi connectivity index (χ1n) is 5.48. The molecular weight excluding hydrogens is 186 g/mol. The number of carbonyl (C=O) groups excluding carboxylic acids is 1. The molecule has 0 radical (unpaired) electrons. The van der Waals surface area contributed by atoms with E-state index in [1.54, 1.807) is 0 Å². The molecule has 86 valence electrons. The smallest absolute Gasteiger partial charge is 0.216 e. The third kappa shape index (κ3) is 6.72. The van der Waals surface area contributed by atoms with Crippen LogP contribution in [-0.2, 0) is 11.2 Å². The molecule has 0 atom stereocenters. The molecule has 2 nitrogen and oxygen atoms in total. The molecule has 0 fully saturated rings. The van der Waals surface area contributed by atoms with E-state index >= 15 is 0 Å². The largest absolute Gasteiger partial charge is 0.356 e. The summed E-state index contributed by atoms with van der Waals surface area (Å²) in [6.45, 7) is 8.32. The minimum atomic E-state index is 0. The van der Waals surface area contributed by atoms with Gasteiger partial charge in [-0.05, 0) is 18.9 Å². The van der Waals surface area contributed by atoms with Gasteiger partial charge >= 0.3 is 0 Å². The lowest BCUT2D eigenvalue weighted by atomic mass is 10.1. The summed E-state index contributed by atoms with van der Waals surface area (Å²) in [5, 5.41) is 2.77. The highest BCUT2D eigenvalue weighted by molar-refractivity contribution is 5.72. The summed E-state index contributed by atoms with van der Waals surface area (Å²) in [7, 11) is 0. The van der Waals surface area contributed by atoms with Crippen molar-refractivity contribution in [1.29, 1.82) is 0 Å². The molecule has 0 saturated heterocycles. The molecule has 0 heterocycles. The SMILES string of the molecule is CC.CC(=O)NCCc1ccc(C)cc1.[HH]. The number of nitrogens with one attached hydrogen (secondary N) is 1. The number of hydrogen-bond acceptors (Lipinski definition) is 1. The molecule has 0 aliphatic heterocycles. The second kappa shape index (κ2) is 8.04. The highest BCUT2D eigenvalue weighted by Crippen LogP contribution is 2.02. The number of rotatable bonds is 3. The molecule has 0 aliphatic rings. The molecule has 15 heavy (non-hydrogen) atoms. The lowest BCUT2D eigenvalue weighted by Gasteiger charge is -2.02. The molecule has 0 unspecified atom stereocenters. The molecule has 0 aromatic heterocycles. The number of carbonyl (C=O) groups is 1. The van der Waals surface area contributed by atoms with Crippen LogP contribution in [0.2, 0.25) is 0 Å². The zero-order valence-corrected chi connectivity index (χ0v) is 10.1. The molecule has 1 aromatic carbocycles. The van der Waals surface area contributed by atoms with Crippen LogP contribution in [0.15, 0.2) is 24.3 Å². The maximum atomic E-state index is 10.6. The molecule has 1 rings (SSSR count). The van der Waals surface area contributed by atoms with E-state index in [0.29, 0.717) is 0 Å². The maximum absolute atomic E-state index is 10.6. The van der Waals surface area contributed by atoms with Gasteiger partial charge in [0.1, 0.15) is 0 Å². The van der Waals surface area contributed by atoms with Crippen molar-refractivity contribution in [2.75, 3.05) is 6.54 Å². The Kier molecular flexibility index (Phi) is 7.33. The summed E-state index contributed by atoms with van der Waals surface area (Å²) in [6.07, 6.45) is 0.903. The van der Waals surface area contributed by atoms with Crippen LogP contribution in [0.1, 0.15) is 33.3 Å². The van der Waals surface area contributed by atoms with Gasteiger partial charge in [0.05, 0.1) is 0 Å². The minimum Gasteiger partial charge on any atom is -0.356 e. The molecule has 2 heteroatoms. The van der Waals surface area contributed by atoms with Crippen molar-refractivity contribution in [2.45, 2.75) is 34.1 Å². The van der Waals surface area contributed by atoms with Crippen LogP contribution in [0, 0.1) is 6.92 Å². The quantitative estimate of drug-likeness (QED) is 0.814. The first-order chi connectivity index (χ1) is 7.18. The standard InChI is InChI=1S/C11H15NO.C2H6.H2/c1-9-3-5-11(6-4-9)7-8-12-10(2)13;1-2;/h3-6H,7-8H2,1-2H3,(H,12,13);1-2H3;1H. The van der Waals surface area contributed by atoms with E-state index in [1.807, 2.05) is 13.8 Å². The Morgan fingerprint density at radius 3 is 2.27 bits per heavy atom. The van der Waals surface area contributed by atoms with Crippen LogP contribution in [0.4, 0.5) is 0 Å². The first kappa shape index (κ1) is 13.7. The molecule has 1 aromatic rings. The highest BCUT2D eigenvalue weighted by atomic mass is 16.1. The molecule has 1 N–H and O–H groups in total. The van der Waals surface area contributed by atoms with Crippen molar-refractivity contribution >= 4 is 5.91 Å². The van der Waals surface area contributed by atoms with Gasteiger partial charge in [-0.1, -0.05) is 43.7 Å². The first-order valence-corrected chi connectivity index (χ1v) is 5.48. The number of hydrogen-bond donors (Lipinski definition) is 1. The Hall–Kier alpha value is -1.31. The Labute approximate surface area is 94.2 Å². The van der Waals surface area contributed by atoms with E-state index in [2.05, 4.69) is 36.5 Å². The summed E-state index contributed by atoms with van der Waals surface area (Å²) in [4.78, 5) is 10.6. The number of benzene rings is 1. The normalized spacial score (nSPS) is 8.80. The van der Waals surface area contributed by atoms with E-state index in [1.165, 1.54) is 18.1 Å². The van der Waals surface area contributed by atoms with Gasteiger partial charge in [-0.15, -0.1) is 0 Å². The summed E-state index contributed by atoms with van der Waals surface area (Å²) < 4.78 is 0. The van der Waals surface area contributed by atoms with Crippen LogP contribution in [0.25, 0.3) is 0 Å². The van der Waals surface area contributed by atoms with Crippen molar-refractivity contribution in [3.05, 3.63) is 35.4 Å². The molecule has 0 bridgehead atoms. The predicted octanol–water partition coefficient (Wildman–Crippen LogP) is 2.95. The number of amides is 1. The van der Waals surface area contributed by atoms with Crippen molar-refractivity contribution in [2.24, 2.45) is 0 Å². The van der Waals surface area contributed by atoms with Crippen LogP contribution in [0.3, 0.4) is 0 Å². The lowest BCUT2D eigenvalue weighted by molar-refractivity contribution is -0.118. The molecular formula is C13H23NO. The average Bonchev–Trinajstić information content (AvgIpc) is 2.23. The van der Waals surface area contributed by atoms with Gasteiger partial charge in [0.25, 0.3) is 0 Å². The second-order valence-electron chi connectivity index (χ2n) is 3.22. The maximum Gasteiger partial charge on any atom is 0.216 e. The fourth-order valence-electron chi connectivity index (χ4n) is 1.14. The van der Waals surface area contributed by atoms with E-state index in [-0.39, 0.29) is 7.33 Å². The van der Waals surface area contributed by atoms with E-state index in [4.69, 9.17) is 0 Å².